The van der Waals surface area contributed by atoms with Crippen LogP contribution in [0.25, 0.3) is 0 Å². The molecule has 1 heterocycles. The van der Waals surface area contributed by atoms with Gasteiger partial charge in [0.05, 0.1) is 25.2 Å². The van der Waals surface area contributed by atoms with Crippen molar-refractivity contribution in [3.63, 3.8) is 0 Å². The molecule has 0 aromatic heterocycles. The molecule has 0 bridgehead atoms. The molecule has 1 aliphatic rings. The van der Waals surface area contributed by atoms with Crippen molar-refractivity contribution < 1.29 is 9.53 Å². The van der Waals surface area contributed by atoms with Gasteiger partial charge in [0, 0.05) is 5.69 Å². The lowest BCUT2D eigenvalue weighted by atomic mass is 9.81. The molecule has 114 valence electrons. The standard InChI is InChI=1S/C19H21NO2/c1-2-19(14-22-15-19)18(21)20(17-11-7-4-8-12-17)13-16-9-5-3-6-10-16/h3-12H,2,13-15H2,1H3. The Balaban J connectivity index is 1.91. The molecule has 0 N–H and O–H groups in total. The van der Waals surface area contributed by atoms with E-state index in [-0.39, 0.29) is 11.3 Å². The minimum atomic E-state index is -0.357. The first-order valence-electron chi connectivity index (χ1n) is 7.74. The highest BCUT2D eigenvalue weighted by atomic mass is 16.5. The van der Waals surface area contributed by atoms with Gasteiger partial charge in [-0.15, -0.1) is 0 Å². The lowest BCUT2D eigenvalue weighted by Gasteiger charge is -2.42. The Labute approximate surface area is 131 Å². The summed E-state index contributed by atoms with van der Waals surface area (Å²) in [6.07, 6.45) is 0.809. The monoisotopic (exact) mass is 295 g/mol. The van der Waals surface area contributed by atoms with Crippen LogP contribution in [-0.4, -0.2) is 19.1 Å². The number of anilines is 1. The fourth-order valence-electron chi connectivity index (χ4n) is 2.77. The molecule has 3 rings (SSSR count). The van der Waals surface area contributed by atoms with Crippen LogP contribution in [0.1, 0.15) is 18.9 Å². The molecule has 0 saturated carbocycles. The number of rotatable bonds is 5. The molecule has 0 spiro atoms. The molecule has 1 saturated heterocycles. The van der Waals surface area contributed by atoms with Gasteiger partial charge in [-0.3, -0.25) is 4.79 Å². The largest absolute Gasteiger partial charge is 0.379 e. The third-order valence-electron chi connectivity index (χ3n) is 4.38. The van der Waals surface area contributed by atoms with Crippen LogP contribution in [-0.2, 0) is 16.1 Å². The predicted molar refractivity (Wildman–Crippen MR) is 87.6 cm³/mol. The average Bonchev–Trinajstić information content (AvgIpc) is 2.54. The first-order valence-corrected chi connectivity index (χ1v) is 7.74. The summed E-state index contributed by atoms with van der Waals surface area (Å²) in [6.45, 7) is 3.71. The molecular formula is C19H21NO2. The van der Waals surface area contributed by atoms with Gasteiger partial charge in [0.15, 0.2) is 0 Å². The van der Waals surface area contributed by atoms with E-state index in [2.05, 4.69) is 19.1 Å². The van der Waals surface area contributed by atoms with Gasteiger partial charge in [-0.25, -0.2) is 0 Å². The van der Waals surface area contributed by atoms with Crippen molar-refractivity contribution >= 4 is 11.6 Å². The maximum absolute atomic E-state index is 13.1. The minimum absolute atomic E-state index is 0.163. The zero-order valence-electron chi connectivity index (χ0n) is 12.9. The second-order valence-electron chi connectivity index (χ2n) is 5.84. The maximum atomic E-state index is 13.1. The van der Waals surface area contributed by atoms with Crippen molar-refractivity contribution in [2.45, 2.75) is 19.9 Å². The van der Waals surface area contributed by atoms with Crippen LogP contribution in [0.2, 0.25) is 0 Å². The van der Waals surface area contributed by atoms with Crippen LogP contribution in [0, 0.1) is 5.41 Å². The number of carbonyl (C=O) groups is 1. The Morgan fingerprint density at radius 2 is 1.64 bits per heavy atom. The van der Waals surface area contributed by atoms with Crippen molar-refractivity contribution in [3.8, 4) is 0 Å². The molecule has 3 heteroatoms. The molecule has 2 aromatic rings. The van der Waals surface area contributed by atoms with Crippen molar-refractivity contribution in [2.75, 3.05) is 18.1 Å². The summed E-state index contributed by atoms with van der Waals surface area (Å²) in [7, 11) is 0. The molecule has 22 heavy (non-hydrogen) atoms. The fraction of sp³-hybridized carbons (Fsp3) is 0.316. The van der Waals surface area contributed by atoms with E-state index < -0.39 is 0 Å². The van der Waals surface area contributed by atoms with Gasteiger partial charge in [0.1, 0.15) is 0 Å². The molecule has 0 aliphatic carbocycles. The number of para-hydroxylation sites is 1. The van der Waals surface area contributed by atoms with Crippen molar-refractivity contribution in [1.82, 2.24) is 0 Å². The minimum Gasteiger partial charge on any atom is -0.379 e. The third-order valence-corrected chi connectivity index (χ3v) is 4.38. The van der Waals surface area contributed by atoms with E-state index in [9.17, 15) is 4.79 Å². The number of amides is 1. The second-order valence-corrected chi connectivity index (χ2v) is 5.84. The van der Waals surface area contributed by atoms with E-state index >= 15 is 0 Å². The maximum Gasteiger partial charge on any atom is 0.238 e. The summed E-state index contributed by atoms with van der Waals surface area (Å²) in [5.41, 5.74) is 1.72. The predicted octanol–water partition coefficient (Wildman–Crippen LogP) is 3.65. The summed E-state index contributed by atoms with van der Waals surface area (Å²) < 4.78 is 5.34. The zero-order chi connectivity index (χ0) is 15.4. The lowest BCUT2D eigenvalue weighted by molar-refractivity contribution is -0.159. The van der Waals surface area contributed by atoms with Gasteiger partial charge in [-0.05, 0) is 24.1 Å². The van der Waals surface area contributed by atoms with Crippen LogP contribution >= 0.6 is 0 Å². The lowest BCUT2D eigenvalue weighted by Crippen LogP contribution is -2.55. The number of ether oxygens (including phenoxy) is 1. The van der Waals surface area contributed by atoms with Gasteiger partial charge < -0.3 is 9.64 Å². The fourth-order valence-corrected chi connectivity index (χ4v) is 2.77. The summed E-state index contributed by atoms with van der Waals surface area (Å²) in [5.74, 6) is 0.163. The summed E-state index contributed by atoms with van der Waals surface area (Å²) in [5, 5.41) is 0. The number of hydrogen-bond acceptors (Lipinski definition) is 2. The van der Waals surface area contributed by atoms with Crippen molar-refractivity contribution in [3.05, 3.63) is 66.2 Å². The average molecular weight is 295 g/mol. The van der Waals surface area contributed by atoms with Gasteiger partial charge in [-0.2, -0.15) is 0 Å². The van der Waals surface area contributed by atoms with E-state index in [1.165, 1.54) is 0 Å². The number of carbonyl (C=O) groups excluding carboxylic acids is 1. The Hall–Kier alpha value is -2.13. The molecule has 3 nitrogen and oxygen atoms in total. The van der Waals surface area contributed by atoms with Crippen molar-refractivity contribution in [1.29, 1.82) is 0 Å². The van der Waals surface area contributed by atoms with Crippen LogP contribution in [0.15, 0.2) is 60.7 Å². The number of nitrogens with zero attached hydrogens (tertiary/aromatic N) is 1. The summed E-state index contributed by atoms with van der Waals surface area (Å²) in [4.78, 5) is 15.0. The zero-order valence-corrected chi connectivity index (χ0v) is 12.9. The van der Waals surface area contributed by atoms with E-state index in [4.69, 9.17) is 4.74 Å². The second kappa shape index (κ2) is 6.32. The van der Waals surface area contributed by atoms with E-state index in [0.29, 0.717) is 19.8 Å². The van der Waals surface area contributed by atoms with Crippen LogP contribution in [0.4, 0.5) is 5.69 Å². The van der Waals surface area contributed by atoms with E-state index in [1.54, 1.807) is 0 Å². The molecule has 2 aromatic carbocycles. The number of benzene rings is 2. The van der Waals surface area contributed by atoms with Gasteiger partial charge >= 0.3 is 0 Å². The molecular weight excluding hydrogens is 274 g/mol. The van der Waals surface area contributed by atoms with Gasteiger partial charge in [-0.1, -0.05) is 55.5 Å². The highest BCUT2D eigenvalue weighted by Gasteiger charge is 2.46. The van der Waals surface area contributed by atoms with Gasteiger partial charge in [0.25, 0.3) is 0 Å². The number of hydrogen-bond donors (Lipinski definition) is 0. The van der Waals surface area contributed by atoms with Gasteiger partial charge in [0.2, 0.25) is 5.91 Å². The Morgan fingerprint density at radius 3 is 2.14 bits per heavy atom. The Bertz CT molecular complexity index is 615. The quantitative estimate of drug-likeness (QED) is 0.842. The Kier molecular flexibility index (Phi) is 4.25. The van der Waals surface area contributed by atoms with Crippen molar-refractivity contribution in [2.24, 2.45) is 5.41 Å². The smallest absolute Gasteiger partial charge is 0.238 e. The molecule has 0 radical (unpaired) electrons. The van der Waals surface area contributed by atoms with Crippen LogP contribution in [0.5, 0.6) is 0 Å². The molecule has 1 fully saturated rings. The topological polar surface area (TPSA) is 29.5 Å². The summed E-state index contributed by atoms with van der Waals surface area (Å²) >= 11 is 0. The summed E-state index contributed by atoms with van der Waals surface area (Å²) in [6, 6.07) is 20.0. The van der Waals surface area contributed by atoms with E-state index in [1.807, 2.05) is 53.4 Å². The highest BCUT2D eigenvalue weighted by molar-refractivity contribution is 5.98. The molecule has 0 unspecified atom stereocenters. The first kappa shape index (κ1) is 14.8. The molecule has 1 aliphatic heterocycles. The van der Waals surface area contributed by atoms with E-state index in [0.717, 1.165) is 17.7 Å². The first-order chi connectivity index (χ1) is 10.7. The van der Waals surface area contributed by atoms with Crippen LogP contribution < -0.4 is 4.90 Å². The molecule has 1 amide bonds. The molecule has 0 atom stereocenters. The SMILES string of the molecule is CCC1(C(=O)N(Cc2ccccc2)c2ccccc2)COC1. The highest BCUT2D eigenvalue weighted by Crippen LogP contribution is 2.35. The van der Waals surface area contributed by atoms with Crippen LogP contribution in [0.3, 0.4) is 0 Å². The Morgan fingerprint density at radius 1 is 1.05 bits per heavy atom. The third kappa shape index (κ3) is 2.77. The normalized spacial score (nSPS) is 15.9.